The van der Waals surface area contributed by atoms with Crippen LogP contribution in [0.2, 0.25) is 0 Å². The normalized spacial score (nSPS) is 14.3. The summed E-state index contributed by atoms with van der Waals surface area (Å²) in [6.45, 7) is 1.96. The van der Waals surface area contributed by atoms with Crippen molar-refractivity contribution in [1.82, 2.24) is 0 Å². The molecule has 0 heterocycles. The summed E-state index contributed by atoms with van der Waals surface area (Å²) >= 11 is 3.43. The predicted molar refractivity (Wildman–Crippen MR) is 99.0 cm³/mol. The maximum atomic E-state index is 12.6. The number of rotatable bonds is 4. The number of halogens is 1. The molecule has 0 radical (unpaired) electrons. The summed E-state index contributed by atoms with van der Waals surface area (Å²) in [7, 11) is 0. The Morgan fingerprint density at radius 1 is 1.08 bits per heavy atom. The number of hydrogen-bond donors (Lipinski definition) is 2. The van der Waals surface area contributed by atoms with Gasteiger partial charge >= 0.3 is 0 Å². The molecule has 3 rings (SSSR count). The fraction of sp³-hybridized carbons (Fsp3) is 0.211. The summed E-state index contributed by atoms with van der Waals surface area (Å²) < 4.78 is 0.896. The number of amides is 2. The SMILES string of the molecule is Cc1ccc(NC(=O)C2(C(=O)Nc3cccc(C#N)c3)CC2)cc1Br. The first-order valence-corrected chi connectivity index (χ1v) is 8.63. The number of nitrogens with zero attached hydrogens (tertiary/aromatic N) is 1. The maximum Gasteiger partial charge on any atom is 0.240 e. The molecule has 25 heavy (non-hydrogen) atoms. The first-order chi connectivity index (χ1) is 11.9. The van der Waals surface area contributed by atoms with Gasteiger partial charge in [-0.15, -0.1) is 0 Å². The van der Waals surface area contributed by atoms with E-state index < -0.39 is 5.41 Å². The third-order valence-electron chi connectivity index (χ3n) is 4.30. The van der Waals surface area contributed by atoms with Gasteiger partial charge in [-0.1, -0.05) is 28.1 Å². The zero-order chi connectivity index (χ0) is 18.0. The van der Waals surface area contributed by atoms with Gasteiger partial charge in [-0.3, -0.25) is 9.59 Å². The highest BCUT2D eigenvalue weighted by molar-refractivity contribution is 9.10. The Morgan fingerprint density at radius 3 is 2.28 bits per heavy atom. The molecule has 1 saturated carbocycles. The molecule has 126 valence electrons. The van der Waals surface area contributed by atoms with Crippen molar-refractivity contribution >= 4 is 39.1 Å². The van der Waals surface area contributed by atoms with Crippen LogP contribution < -0.4 is 10.6 Å². The standard InChI is InChI=1S/C19H16BrN3O2/c1-12-5-6-15(10-16(12)20)23-18(25)19(7-8-19)17(24)22-14-4-2-3-13(9-14)11-21/h2-6,9-10H,7-8H2,1H3,(H,22,24)(H,23,25). The van der Waals surface area contributed by atoms with Crippen LogP contribution in [0.25, 0.3) is 0 Å². The van der Waals surface area contributed by atoms with Crippen LogP contribution in [-0.4, -0.2) is 11.8 Å². The molecule has 2 N–H and O–H groups in total. The fourth-order valence-corrected chi connectivity index (χ4v) is 2.90. The molecule has 2 aromatic rings. The number of aryl methyl sites for hydroxylation is 1. The van der Waals surface area contributed by atoms with Gasteiger partial charge in [0, 0.05) is 15.8 Å². The summed E-state index contributed by atoms with van der Waals surface area (Å²) in [5.41, 5.74) is 1.64. The average Bonchev–Trinajstić information content (AvgIpc) is 3.40. The first-order valence-electron chi connectivity index (χ1n) is 7.84. The van der Waals surface area contributed by atoms with E-state index in [0.717, 1.165) is 10.0 Å². The van der Waals surface area contributed by atoms with Gasteiger partial charge in [0.05, 0.1) is 11.6 Å². The summed E-state index contributed by atoms with van der Waals surface area (Å²) in [6, 6.07) is 14.2. The van der Waals surface area contributed by atoms with Crippen molar-refractivity contribution in [2.45, 2.75) is 19.8 Å². The Kier molecular flexibility index (Phi) is 4.60. The molecule has 2 aromatic carbocycles. The van der Waals surface area contributed by atoms with Crippen LogP contribution >= 0.6 is 15.9 Å². The summed E-state index contributed by atoms with van der Waals surface area (Å²) in [5, 5.41) is 14.5. The number of carbonyl (C=O) groups is 2. The fourth-order valence-electron chi connectivity index (χ4n) is 2.52. The second-order valence-electron chi connectivity index (χ2n) is 6.15. The van der Waals surface area contributed by atoms with Crippen molar-refractivity contribution in [2.24, 2.45) is 5.41 Å². The molecule has 0 aliphatic heterocycles. The van der Waals surface area contributed by atoms with Gasteiger partial charge in [0.1, 0.15) is 5.41 Å². The zero-order valence-electron chi connectivity index (χ0n) is 13.6. The molecular formula is C19H16BrN3O2. The van der Waals surface area contributed by atoms with Crippen LogP contribution in [0, 0.1) is 23.7 Å². The monoisotopic (exact) mass is 397 g/mol. The van der Waals surface area contributed by atoms with Crippen LogP contribution in [0.3, 0.4) is 0 Å². The van der Waals surface area contributed by atoms with E-state index in [2.05, 4.69) is 26.6 Å². The van der Waals surface area contributed by atoms with E-state index in [-0.39, 0.29) is 11.8 Å². The van der Waals surface area contributed by atoms with Gasteiger partial charge in [0.15, 0.2) is 0 Å². The number of hydrogen-bond acceptors (Lipinski definition) is 3. The maximum absolute atomic E-state index is 12.6. The Bertz CT molecular complexity index is 898. The average molecular weight is 398 g/mol. The van der Waals surface area contributed by atoms with Crippen LogP contribution in [0.4, 0.5) is 11.4 Å². The molecule has 0 unspecified atom stereocenters. The van der Waals surface area contributed by atoms with Crippen LogP contribution in [-0.2, 0) is 9.59 Å². The number of nitrogens with one attached hydrogen (secondary N) is 2. The van der Waals surface area contributed by atoms with Gasteiger partial charge in [-0.05, 0) is 55.7 Å². The van der Waals surface area contributed by atoms with Crippen LogP contribution in [0.15, 0.2) is 46.9 Å². The lowest BCUT2D eigenvalue weighted by Gasteiger charge is -2.16. The van der Waals surface area contributed by atoms with Crippen LogP contribution in [0.1, 0.15) is 24.0 Å². The Labute approximate surface area is 154 Å². The first kappa shape index (κ1) is 17.2. The molecule has 0 spiro atoms. The Hall–Kier alpha value is -2.65. The molecule has 0 atom stereocenters. The molecule has 0 bridgehead atoms. The molecule has 0 aromatic heterocycles. The molecule has 0 saturated heterocycles. The lowest BCUT2D eigenvalue weighted by atomic mass is 10.0. The third kappa shape index (κ3) is 3.57. The predicted octanol–water partition coefficient (Wildman–Crippen LogP) is 3.99. The minimum atomic E-state index is -1.04. The van der Waals surface area contributed by atoms with Gasteiger partial charge in [-0.25, -0.2) is 0 Å². The lowest BCUT2D eigenvalue weighted by Crippen LogP contribution is -2.35. The second-order valence-corrected chi connectivity index (χ2v) is 7.00. The third-order valence-corrected chi connectivity index (χ3v) is 5.15. The topological polar surface area (TPSA) is 82.0 Å². The van der Waals surface area contributed by atoms with Crippen molar-refractivity contribution in [1.29, 1.82) is 5.26 Å². The molecule has 6 heteroatoms. The minimum Gasteiger partial charge on any atom is -0.325 e. The molecular weight excluding hydrogens is 382 g/mol. The van der Waals surface area contributed by atoms with Crippen molar-refractivity contribution in [3.05, 3.63) is 58.1 Å². The van der Waals surface area contributed by atoms with Gasteiger partial charge < -0.3 is 10.6 Å². The molecule has 1 aliphatic rings. The number of carbonyl (C=O) groups excluding carboxylic acids is 2. The molecule has 1 aliphatic carbocycles. The number of anilines is 2. The van der Waals surface area contributed by atoms with Crippen molar-refractivity contribution in [2.75, 3.05) is 10.6 Å². The minimum absolute atomic E-state index is 0.308. The zero-order valence-corrected chi connectivity index (χ0v) is 15.2. The van der Waals surface area contributed by atoms with Crippen LogP contribution in [0.5, 0.6) is 0 Å². The molecule has 1 fully saturated rings. The van der Waals surface area contributed by atoms with Gasteiger partial charge in [0.25, 0.3) is 0 Å². The number of benzene rings is 2. The van der Waals surface area contributed by atoms with E-state index in [9.17, 15) is 9.59 Å². The van der Waals surface area contributed by atoms with Crippen molar-refractivity contribution < 1.29 is 9.59 Å². The molecule has 5 nitrogen and oxygen atoms in total. The van der Waals surface area contributed by atoms with E-state index >= 15 is 0 Å². The van der Waals surface area contributed by atoms with Gasteiger partial charge in [-0.2, -0.15) is 5.26 Å². The largest absolute Gasteiger partial charge is 0.325 e. The second kappa shape index (κ2) is 6.69. The molecule has 2 amide bonds. The van der Waals surface area contributed by atoms with E-state index in [1.54, 1.807) is 24.3 Å². The van der Waals surface area contributed by atoms with Crippen molar-refractivity contribution in [3.63, 3.8) is 0 Å². The Morgan fingerprint density at radius 2 is 1.72 bits per heavy atom. The van der Waals surface area contributed by atoms with E-state index in [1.807, 2.05) is 31.2 Å². The van der Waals surface area contributed by atoms with Crippen molar-refractivity contribution in [3.8, 4) is 6.07 Å². The van der Waals surface area contributed by atoms with E-state index in [4.69, 9.17) is 5.26 Å². The highest BCUT2D eigenvalue weighted by Crippen LogP contribution is 2.47. The van der Waals surface area contributed by atoms with E-state index in [1.165, 1.54) is 0 Å². The van der Waals surface area contributed by atoms with E-state index in [0.29, 0.717) is 29.8 Å². The summed E-state index contributed by atoms with van der Waals surface area (Å²) in [4.78, 5) is 25.2. The smallest absolute Gasteiger partial charge is 0.240 e. The Balaban J connectivity index is 1.72. The highest BCUT2D eigenvalue weighted by atomic mass is 79.9. The summed E-state index contributed by atoms with van der Waals surface area (Å²) in [6.07, 6.45) is 1.02. The highest BCUT2D eigenvalue weighted by Gasteiger charge is 2.56. The lowest BCUT2D eigenvalue weighted by molar-refractivity contribution is -0.131. The van der Waals surface area contributed by atoms with Gasteiger partial charge in [0.2, 0.25) is 11.8 Å². The quantitative estimate of drug-likeness (QED) is 0.765. The number of nitriles is 1. The summed E-state index contributed by atoms with van der Waals surface area (Å²) in [5.74, 6) is -0.650.